The van der Waals surface area contributed by atoms with E-state index in [4.69, 9.17) is 28.3 Å². The molecule has 0 spiro atoms. The molecule has 5 atom stereocenters. The van der Waals surface area contributed by atoms with E-state index < -0.39 is 18.3 Å². The fraction of sp³-hybridized carbons (Fsp3) is 0.700. The fourth-order valence-electron chi connectivity index (χ4n) is 7.27. The molecule has 0 aromatic heterocycles. The highest BCUT2D eigenvalue weighted by atomic mass is 79.9. The van der Waals surface area contributed by atoms with Gasteiger partial charge in [-0.25, -0.2) is 0 Å². The topological polar surface area (TPSA) is 55.4 Å². The second-order valence-corrected chi connectivity index (χ2v) is 16.1. The first-order chi connectivity index (χ1) is 22.8. The van der Waals surface area contributed by atoms with Gasteiger partial charge in [-0.15, -0.1) is 0 Å². The number of hydrogen-bond acceptors (Lipinski definition) is 6. The van der Waals surface area contributed by atoms with Gasteiger partial charge in [-0.3, -0.25) is 0 Å². The van der Waals surface area contributed by atoms with E-state index >= 15 is 0 Å². The highest BCUT2D eigenvalue weighted by molar-refractivity contribution is 9.10. The summed E-state index contributed by atoms with van der Waals surface area (Å²) < 4.78 is 37.7. The third-order valence-electron chi connectivity index (χ3n) is 11.3. The number of benzene rings is 2. The molecule has 2 aromatic carbocycles. The standard InChI is InChI=1S/C40H62BBrO6/c1-11-33(44-10)21-25-46-30(4)15-13-23-40(22-12-14-29(3)45-24-20-28(2)43-9)36-26-31(41-47-38(5,6)39(7,8)48-41)16-18-34(36)35-19-17-32(42)27-37(35)40/h16-19,26-30,33H,11-15,20-25H2,1-10H3. The molecule has 0 saturated carbocycles. The molecule has 8 heteroatoms. The van der Waals surface area contributed by atoms with Gasteiger partial charge in [0.1, 0.15) is 0 Å². The normalized spacial score (nSPS) is 21.9. The van der Waals surface area contributed by atoms with Gasteiger partial charge in [-0.1, -0.05) is 47.1 Å². The van der Waals surface area contributed by atoms with E-state index in [9.17, 15) is 0 Å². The predicted molar refractivity (Wildman–Crippen MR) is 201 cm³/mol. The van der Waals surface area contributed by atoms with Crippen molar-refractivity contribution in [3.8, 4) is 11.1 Å². The van der Waals surface area contributed by atoms with E-state index in [-0.39, 0.29) is 29.8 Å². The van der Waals surface area contributed by atoms with Gasteiger partial charge >= 0.3 is 7.12 Å². The lowest BCUT2D eigenvalue weighted by Gasteiger charge is -2.34. The first-order valence-corrected chi connectivity index (χ1v) is 19.2. The lowest BCUT2D eigenvalue weighted by atomic mass is 9.68. The van der Waals surface area contributed by atoms with Gasteiger partial charge in [-0.2, -0.15) is 0 Å². The molecule has 0 amide bonds. The SMILES string of the molecule is CCC(CCOC(C)CCCC1(CCCC(C)OCCC(C)OC)c2cc(Br)ccc2-c2ccc(B3OC(C)(C)C(C)(C)O3)cc21)OC. The van der Waals surface area contributed by atoms with Crippen LogP contribution in [0.1, 0.15) is 124 Å². The van der Waals surface area contributed by atoms with Crippen molar-refractivity contribution in [2.45, 2.75) is 154 Å². The minimum Gasteiger partial charge on any atom is -0.399 e. The molecule has 2 aliphatic rings. The first-order valence-electron chi connectivity index (χ1n) is 18.4. The number of halogens is 1. The zero-order valence-corrected chi connectivity index (χ0v) is 33.0. The smallest absolute Gasteiger partial charge is 0.399 e. The largest absolute Gasteiger partial charge is 0.494 e. The zero-order valence-electron chi connectivity index (χ0n) is 31.5. The molecule has 0 radical (unpaired) electrons. The van der Waals surface area contributed by atoms with Gasteiger partial charge in [0.15, 0.2) is 0 Å². The molecule has 1 fully saturated rings. The number of ether oxygens (including phenoxy) is 4. The lowest BCUT2D eigenvalue weighted by Crippen LogP contribution is -2.41. The minimum absolute atomic E-state index is 0.137. The van der Waals surface area contributed by atoms with Gasteiger partial charge < -0.3 is 28.3 Å². The number of fused-ring (bicyclic) bond motifs is 3. The molecular formula is C40H62BBrO6. The average molecular weight is 730 g/mol. The Kier molecular flexibility index (Phi) is 14.3. The van der Waals surface area contributed by atoms with Crippen LogP contribution in [0.15, 0.2) is 40.9 Å². The van der Waals surface area contributed by atoms with Gasteiger partial charge in [0, 0.05) is 37.3 Å². The van der Waals surface area contributed by atoms with E-state index in [0.29, 0.717) is 0 Å². The molecule has 1 aliphatic carbocycles. The van der Waals surface area contributed by atoms with E-state index in [1.54, 1.807) is 14.2 Å². The molecule has 268 valence electrons. The molecule has 48 heavy (non-hydrogen) atoms. The Morgan fingerprint density at radius 1 is 0.708 bits per heavy atom. The summed E-state index contributed by atoms with van der Waals surface area (Å²) in [6.07, 6.45) is 9.94. The number of rotatable bonds is 20. The molecular weight excluding hydrogens is 667 g/mol. The first kappa shape index (κ1) is 39.5. The van der Waals surface area contributed by atoms with E-state index in [1.165, 1.54) is 22.3 Å². The van der Waals surface area contributed by atoms with Crippen molar-refractivity contribution in [3.63, 3.8) is 0 Å². The maximum Gasteiger partial charge on any atom is 0.494 e. The molecule has 0 bridgehead atoms. The van der Waals surface area contributed by atoms with Crippen molar-refractivity contribution < 1.29 is 28.3 Å². The Hall–Kier alpha value is -1.26. The van der Waals surface area contributed by atoms with Crippen LogP contribution in [-0.4, -0.2) is 70.2 Å². The van der Waals surface area contributed by atoms with Crippen LogP contribution in [-0.2, 0) is 33.7 Å². The zero-order chi connectivity index (χ0) is 35.1. The minimum atomic E-state index is -0.399. The van der Waals surface area contributed by atoms with Crippen molar-refractivity contribution in [2.75, 3.05) is 27.4 Å². The summed E-state index contributed by atoms with van der Waals surface area (Å²) in [6, 6.07) is 13.7. The molecule has 1 heterocycles. The average Bonchev–Trinajstić information content (AvgIpc) is 3.43. The Bertz CT molecular complexity index is 1300. The van der Waals surface area contributed by atoms with Crippen molar-refractivity contribution in [3.05, 3.63) is 52.0 Å². The summed E-state index contributed by atoms with van der Waals surface area (Å²) >= 11 is 3.83. The quantitative estimate of drug-likeness (QED) is 0.127. The van der Waals surface area contributed by atoms with Crippen LogP contribution in [0.5, 0.6) is 0 Å². The van der Waals surface area contributed by atoms with Gasteiger partial charge in [0.2, 0.25) is 0 Å². The Morgan fingerprint density at radius 3 is 1.79 bits per heavy atom. The monoisotopic (exact) mass is 728 g/mol. The maximum absolute atomic E-state index is 6.55. The van der Waals surface area contributed by atoms with Crippen LogP contribution in [0.4, 0.5) is 0 Å². The van der Waals surface area contributed by atoms with Crippen molar-refractivity contribution >= 4 is 28.5 Å². The highest BCUT2D eigenvalue weighted by Crippen LogP contribution is 2.54. The molecule has 1 saturated heterocycles. The Balaban J connectivity index is 1.60. The summed E-state index contributed by atoms with van der Waals surface area (Å²) in [5, 5.41) is 0. The van der Waals surface area contributed by atoms with Gasteiger partial charge in [-0.05, 0) is 146 Å². The molecule has 5 unspecified atom stereocenters. The Labute approximate surface area is 300 Å². The van der Waals surface area contributed by atoms with E-state index in [2.05, 4.69) is 108 Å². The Morgan fingerprint density at radius 2 is 1.25 bits per heavy atom. The van der Waals surface area contributed by atoms with Crippen LogP contribution in [0.25, 0.3) is 11.1 Å². The summed E-state index contributed by atoms with van der Waals surface area (Å²) in [7, 11) is 3.15. The number of methoxy groups -OCH3 is 2. The van der Waals surface area contributed by atoms with E-state index in [0.717, 1.165) is 80.9 Å². The maximum atomic E-state index is 6.55. The van der Waals surface area contributed by atoms with Crippen LogP contribution >= 0.6 is 15.9 Å². The summed E-state index contributed by atoms with van der Waals surface area (Å²) in [6.45, 7) is 18.6. The molecule has 0 N–H and O–H groups in total. The van der Waals surface area contributed by atoms with Crippen molar-refractivity contribution in [2.24, 2.45) is 0 Å². The van der Waals surface area contributed by atoms with Crippen LogP contribution < -0.4 is 5.46 Å². The van der Waals surface area contributed by atoms with Crippen LogP contribution in [0.3, 0.4) is 0 Å². The molecule has 6 nitrogen and oxygen atoms in total. The van der Waals surface area contributed by atoms with Crippen molar-refractivity contribution in [1.82, 2.24) is 0 Å². The third-order valence-corrected chi connectivity index (χ3v) is 11.8. The summed E-state index contributed by atoms with van der Waals surface area (Å²) in [5.74, 6) is 0. The molecule has 2 aromatic rings. The number of hydrogen-bond donors (Lipinski definition) is 0. The predicted octanol–water partition coefficient (Wildman–Crippen LogP) is 9.41. The second-order valence-electron chi connectivity index (χ2n) is 15.2. The van der Waals surface area contributed by atoms with E-state index in [1.807, 2.05) is 0 Å². The van der Waals surface area contributed by atoms with Crippen molar-refractivity contribution in [1.29, 1.82) is 0 Å². The van der Waals surface area contributed by atoms with Crippen LogP contribution in [0, 0.1) is 0 Å². The van der Waals surface area contributed by atoms with Gasteiger partial charge in [0.25, 0.3) is 0 Å². The summed E-state index contributed by atoms with van der Waals surface area (Å²) in [4.78, 5) is 0. The third kappa shape index (κ3) is 9.34. The van der Waals surface area contributed by atoms with Crippen LogP contribution in [0.2, 0.25) is 0 Å². The molecule has 1 aliphatic heterocycles. The van der Waals surface area contributed by atoms with Gasteiger partial charge in [0.05, 0.1) is 35.6 Å². The second kappa shape index (κ2) is 17.3. The lowest BCUT2D eigenvalue weighted by molar-refractivity contribution is 0.00578. The fourth-order valence-corrected chi connectivity index (χ4v) is 7.63. The molecule has 4 rings (SSSR count). The highest BCUT2D eigenvalue weighted by Gasteiger charge is 2.52. The summed E-state index contributed by atoms with van der Waals surface area (Å²) in [5.41, 5.74) is 5.63.